The molecule has 0 aliphatic rings. The summed E-state index contributed by atoms with van der Waals surface area (Å²) in [4.78, 5) is 11.3. The summed E-state index contributed by atoms with van der Waals surface area (Å²) in [7, 11) is 3.42. The first kappa shape index (κ1) is 17.3. The third-order valence-electron chi connectivity index (χ3n) is 2.97. The number of nitrogens with zero attached hydrogens (tertiary/aromatic N) is 3. The number of hydrogen-bond acceptors (Lipinski definition) is 5. The third kappa shape index (κ3) is 5.34. The van der Waals surface area contributed by atoms with Crippen LogP contribution in [-0.4, -0.2) is 50.0 Å². The molecule has 0 N–H and O–H groups in total. The number of aromatic nitrogens is 2. The maximum atomic E-state index is 5.26. The van der Waals surface area contributed by atoms with Gasteiger partial charge in [-0.2, -0.15) is 0 Å². The highest BCUT2D eigenvalue weighted by molar-refractivity contribution is 9.10. The van der Waals surface area contributed by atoms with Gasteiger partial charge in [0.1, 0.15) is 16.2 Å². The molecule has 1 rings (SSSR count). The number of aryl methyl sites for hydroxylation is 1. The number of anilines is 1. The van der Waals surface area contributed by atoms with Crippen LogP contribution in [0.3, 0.4) is 0 Å². The van der Waals surface area contributed by atoms with E-state index in [0.717, 1.165) is 35.6 Å². The zero-order valence-corrected chi connectivity index (χ0v) is 14.3. The average Bonchev–Trinajstić information content (AvgIpc) is 2.39. The van der Waals surface area contributed by atoms with Gasteiger partial charge in [-0.25, -0.2) is 9.97 Å². The Kier molecular flexibility index (Phi) is 8.02. The van der Waals surface area contributed by atoms with Crippen LogP contribution in [0.4, 0.5) is 5.82 Å². The molecule has 0 aromatic carbocycles. The van der Waals surface area contributed by atoms with Gasteiger partial charge in [0, 0.05) is 33.3 Å². The van der Waals surface area contributed by atoms with Crippen molar-refractivity contribution in [2.75, 3.05) is 38.9 Å². The van der Waals surface area contributed by atoms with Crippen LogP contribution in [0.1, 0.15) is 26.1 Å². The predicted octanol–water partition coefficient (Wildman–Crippen LogP) is 2.68. The van der Waals surface area contributed by atoms with E-state index < -0.39 is 0 Å². The molecule has 0 spiro atoms. The Bertz CT molecular complexity index is 404. The van der Waals surface area contributed by atoms with E-state index >= 15 is 0 Å². The quantitative estimate of drug-likeness (QED) is 0.644. The molecule has 0 saturated carbocycles. The lowest BCUT2D eigenvalue weighted by Crippen LogP contribution is -2.39. The van der Waals surface area contributed by atoms with Crippen molar-refractivity contribution in [2.24, 2.45) is 0 Å². The molecule has 6 heteroatoms. The first-order valence-corrected chi connectivity index (χ1v) is 7.69. The number of ether oxygens (including phenoxy) is 2. The largest absolute Gasteiger partial charge is 0.383 e. The zero-order chi connectivity index (χ0) is 15.0. The van der Waals surface area contributed by atoms with E-state index in [2.05, 4.69) is 44.6 Å². The van der Waals surface area contributed by atoms with Crippen LogP contribution in [0.25, 0.3) is 0 Å². The zero-order valence-electron chi connectivity index (χ0n) is 12.7. The van der Waals surface area contributed by atoms with Crippen LogP contribution in [-0.2, 0) is 15.9 Å². The van der Waals surface area contributed by atoms with E-state index in [1.807, 2.05) is 6.07 Å². The minimum absolute atomic E-state index is 0.228. The molecule has 0 aliphatic carbocycles. The summed E-state index contributed by atoms with van der Waals surface area (Å²) in [6.45, 7) is 6.32. The van der Waals surface area contributed by atoms with E-state index in [0.29, 0.717) is 13.2 Å². The molecule has 0 aliphatic heterocycles. The van der Waals surface area contributed by atoms with E-state index in [9.17, 15) is 0 Å². The van der Waals surface area contributed by atoms with Crippen molar-refractivity contribution >= 4 is 21.7 Å². The maximum absolute atomic E-state index is 5.26. The Hall–Kier alpha value is -0.720. The summed E-state index contributed by atoms with van der Waals surface area (Å²) in [6.07, 6.45) is 1.91. The normalized spacial score (nSPS) is 12.4. The highest BCUT2D eigenvalue weighted by Gasteiger charge is 2.17. The Morgan fingerprint density at radius 1 is 1.30 bits per heavy atom. The fourth-order valence-electron chi connectivity index (χ4n) is 2.02. The van der Waals surface area contributed by atoms with Gasteiger partial charge in [0.15, 0.2) is 0 Å². The van der Waals surface area contributed by atoms with E-state index in [4.69, 9.17) is 9.47 Å². The van der Waals surface area contributed by atoms with E-state index in [1.165, 1.54) is 0 Å². The molecule has 1 aromatic heterocycles. The van der Waals surface area contributed by atoms with E-state index in [-0.39, 0.29) is 6.04 Å². The summed E-state index contributed by atoms with van der Waals surface area (Å²) in [6, 6.07) is 2.17. The third-order valence-corrected chi connectivity index (χ3v) is 3.38. The lowest BCUT2D eigenvalue weighted by molar-refractivity contribution is 0.170. The predicted molar refractivity (Wildman–Crippen MR) is 84.3 cm³/mol. The fourth-order valence-corrected chi connectivity index (χ4v) is 2.43. The summed E-state index contributed by atoms with van der Waals surface area (Å²) in [5, 5.41) is 0. The molecule has 0 fully saturated rings. The van der Waals surface area contributed by atoms with Gasteiger partial charge in [-0.05, 0) is 29.3 Å². The SMILES string of the molecule is CCCc1nc(Br)cc(N(CCOC)C(C)COC)n1. The second kappa shape index (κ2) is 9.26. The Morgan fingerprint density at radius 2 is 2.05 bits per heavy atom. The van der Waals surface area contributed by atoms with Crippen LogP contribution in [0.15, 0.2) is 10.7 Å². The van der Waals surface area contributed by atoms with Gasteiger partial charge in [-0.1, -0.05) is 6.92 Å². The van der Waals surface area contributed by atoms with Crippen molar-refractivity contribution in [3.8, 4) is 0 Å². The van der Waals surface area contributed by atoms with Gasteiger partial charge in [0.2, 0.25) is 0 Å². The first-order valence-electron chi connectivity index (χ1n) is 6.90. The fraction of sp³-hybridized carbons (Fsp3) is 0.714. The Labute approximate surface area is 129 Å². The smallest absolute Gasteiger partial charge is 0.133 e. The molecular formula is C14H24BrN3O2. The second-order valence-corrected chi connectivity index (χ2v) is 5.52. The highest BCUT2D eigenvalue weighted by Crippen LogP contribution is 2.19. The number of methoxy groups -OCH3 is 2. The van der Waals surface area contributed by atoms with E-state index in [1.54, 1.807) is 14.2 Å². The van der Waals surface area contributed by atoms with Gasteiger partial charge >= 0.3 is 0 Å². The monoisotopic (exact) mass is 345 g/mol. The molecule has 0 saturated heterocycles. The van der Waals surface area contributed by atoms with Crippen molar-refractivity contribution in [1.82, 2.24) is 9.97 Å². The number of hydrogen-bond donors (Lipinski definition) is 0. The lowest BCUT2D eigenvalue weighted by atomic mass is 10.2. The molecule has 1 heterocycles. The van der Waals surface area contributed by atoms with Gasteiger partial charge < -0.3 is 14.4 Å². The molecule has 0 amide bonds. The van der Waals surface area contributed by atoms with Crippen LogP contribution >= 0.6 is 15.9 Å². The summed E-state index contributed by atoms with van der Waals surface area (Å²) in [5.74, 6) is 1.78. The van der Waals surface area contributed by atoms with Crippen molar-refractivity contribution < 1.29 is 9.47 Å². The van der Waals surface area contributed by atoms with Crippen molar-refractivity contribution in [2.45, 2.75) is 32.7 Å². The summed E-state index contributed by atoms with van der Waals surface area (Å²) < 4.78 is 11.3. The van der Waals surface area contributed by atoms with Gasteiger partial charge in [-0.3, -0.25) is 0 Å². The molecule has 0 radical (unpaired) electrons. The number of halogens is 1. The molecule has 1 unspecified atom stereocenters. The van der Waals surface area contributed by atoms with Crippen LogP contribution < -0.4 is 4.90 Å². The molecule has 5 nitrogen and oxygen atoms in total. The standard InChI is InChI=1S/C14H24BrN3O2/c1-5-6-13-16-12(15)9-14(17-13)18(7-8-19-3)11(2)10-20-4/h9,11H,5-8,10H2,1-4H3. The van der Waals surface area contributed by atoms with Gasteiger partial charge in [-0.15, -0.1) is 0 Å². The molecule has 1 aromatic rings. The van der Waals surface area contributed by atoms with Crippen LogP contribution in [0, 0.1) is 0 Å². The minimum Gasteiger partial charge on any atom is -0.383 e. The molecule has 114 valence electrons. The molecular weight excluding hydrogens is 322 g/mol. The number of rotatable bonds is 9. The maximum Gasteiger partial charge on any atom is 0.133 e. The van der Waals surface area contributed by atoms with Crippen LogP contribution in [0.2, 0.25) is 0 Å². The van der Waals surface area contributed by atoms with Crippen molar-refractivity contribution in [3.63, 3.8) is 0 Å². The van der Waals surface area contributed by atoms with Gasteiger partial charge in [0.25, 0.3) is 0 Å². The molecule has 20 heavy (non-hydrogen) atoms. The highest BCUT2D eigenvalue weighted by atomic mass is 79.9. The minimum atomic E-state index is 0.228. The first-order chi connectivity index (χ1) is 9.62. The molecule has 1 atom stereocenters. The van der Waals surface area contributed by atoms with Crippen molar-refractivity contribution in [1.29, 1.82) is 0 Å². The summed E-state index contributed by atoms with van der Waals surface area (Å²) >= 11 is 3.47. The van der Waals surface area contributed by atoms with Gasteiger partial charge in [0.05, 0.1) is 19.3 Å². The lowest BCUT2D eigenvalue weighted by Gasteiger charge is -2.30. The summed E-state index contributed by atoms with van der Waals surface area (Å²) in [5.41, 5.74) is 0. The Morgan fingerprint density at radius 3 is 2.65 bits per heavy atom. The topological polar surface area (TPSA) is 47.5 Å². The Balaban J connectivity index is 2.98. The van der Waals surface area contributed by atoms with Crippen molar-refractivity contribution in [3.05, 3.63) is 16.5 Å². The average molecular weight is 346 g/mol. The molecule has 0 bridgehead atoms. The van der Waals surface area contributed by atoms with Crippen LogP contribution in [0.5, 0.6) is 0 Å². The second-order valence-electron chi connectivity index (χ2n) is 4.71.